The van der Waals surface area contributed by atoms with Gasteiger partial charge in [-0.25, -0.2) is 0 Å². The number of nitrogens with two attached hydrogens (primary N) is 1. The second-order valence-electron chi connectivity index (χ2n) is 5.68. The summed E-state index contributed by atoms with van der Waals surface area (Å²) in [6, 6.07) is 2.37. The molecule has 1 saturated heterocycles. The summed E-state index contributed by atoms with van der Waals surface area (Å²) in [6.45, 7) is 6.87. The summed E-state index contributed by atoms with van der Waals surface area (Å²) in [4.78, 5) is 14.6. The molecule has 2 heterocycles. The summed E-state index contributed by atoms with van der Waals surface area (Å²) in [6.07, 6.45) is 3.55. The number of amides is 1. The first-order valence-corrected chi connectivity index (χ1v) is 7.22. The van der Waals surface area contributed by atoms with Crippen molar-refractivity contribution in [2.75, 3.05) is 6.54 Å². The second kappa shape index (κ2) is 5.55. The quantitative estimate of drug-likeness (QED) is 0.907. The lowest BCUT2D eigenvalue weighted by atomic mass is 9.99. The number of nitrogens with zero attached hydrogens (tertiary/aromatic N) is 2. The highest BCUT2D eigenvalue weighted by Gasteiger charge is 2.29. The third kappa shape index (κ3) is 2.95. The van der Waals surface area contributed by atoms with E-state index in [0.29, 0.717) is 10.7 Å². The zero-order valence-corrected chi connectivity index (χ0v) is 12.5. The molecule has 106 valence electrons. The lowest BCUT2D eigenvalue weighted by Crippen LogP contribution is -2.48. The molecule has 19 heavy (non-hydrogen) atoms. The van der Waals surface area contributed by atoms with E-state index in [4.69, 9.17) is 17.3 Å². The maximum absolute atomic E-state index is 12.7. The monoisotopic (exact) mass is 283 g/mol. The van der Waals surface area contributed by atoms with E-state index in [0.717, 1.165) is 19.4 Å². The Labute approximate surface area is 119 Å². The predicted molar refractivity (Wildman–Crippen MR) is 77.5 cm³/mol. The van der Waals surface area contributed by atoms with Gasteiger partial charge in [0.2, 0.25) is 0 Å². The molecular weight excluding hydrogens is 262 g/mol. The highest BCUT2D eigenvalue weighted by Crippen LogP contribution is 2.23. The SMILES string of the molecule is CC1CC(N)CCN1C(=O)c1cc(Cl)cn1C(C)C. The molecule has 2 rings (SSSR count). The Kier molecular flexibility index (Phi) is 4.21. The summed E-state index contributed by atoms with van der Waals surface area (Å²) in [7, 11) is 0. The van der Waals surface area contributed by atoms with Crippen LogP contribution in [0.25, 0.3) is 0 Å². The molecule has 1 aliphatic rings. The van der Waals surface area contributed by atoms with Crippen LogP contribution in [0.15, 0.2) is 12.3 Å². The second-order valence-corrected chi connectivity index (χ2v) is 6.11. The minimum absolute atomic E-state index is 0.0556. The highest BCUT2D eigenvalue weighted by atomic mass is 35.5. The van der Waals surface area contributed by atoms with Gasteiger partial charge in [-0.15, -0.1) is 0 Å². The topological polar surface area (TPSA) is 51.3 Å². The molecule has 1 aromatic rings. The first kappa shape index (κ1) is 14.4. The Bertz CT molecular complexity index is 469. The normalized spacial score (nSPS) is 24.0. The molecule has 4 nitrogen and oxygen atoms in total. The van der Waals surface area contributed by atoms with Gasteiger partial charge in [0.25, 0.3) is 5.91 Å². The number of aromatic nitrogens is 1. The molecule has 2 unspecified atom stereocenters. The molecular formula is C14H22ClN3O. The molecule has 1 amide bonds. The molecule has 0 radical (unpaired) electrons. The molecule has 2 N–H and O–H groups in total. The van der Waals surface area contributed by atoms with Crippen molar-refractivity contribution in [2.24, 2.45) is 5.73 Å². The van der Waals surface area contributed by atoms with Crippen LogP contribution in [0.5, 0.6) is 0 Å². The summed E-state index contributed by atoms with van der Waals surface area (Å²) >= 11 is 6.04. The Hall–Kier alpha value is -1.00. The van der Waals surface area contributed by atoms with Crippen LogP contribution in [0.3, 0.4) is 0 Å². The van der Waals surface area contributed by atoms with E-state index in [9.17, 15) is 4.79 Å². The van der Waals surface area contributed by atoms with Gasteiger partial charge in [0.1, 0.15) is 5.69 Å². The maximum atomic E-state index is 12.7. The Morgan fingerprint density at radius 3 is 2.79 bits per heavy atom. The van der Waals surface area contributed by atoms with E-state index >= 15 is 0 Å². The van der Waals surface area contributed by atoms with Crippen LogP contribution in [0.2, 0.25) is 5.02 Å². The molecule has 0 bridgehead atoms. The third-order valence-electron chi connectivity index (χ3n) is 3.77. The fourth-order valence-electron chi connectivity index (χ4n) is 2.70. The van der Waals surface area contributed by atoms with Crippen LogP contribution in [-0.4, -0.2) is 34.0 Å². The van der Waals surface area contributed by atoms with Crippen LogP contribution in [-0.2, 0) is 0 Å². The number of likely N-dealkylation sites (tertiary alicyclic amines) is 1. The van der Waals surface area contributed by atoms with Gasteiger partial charge in [-0.3, -0.25) is 4.79 Å². The third-order valence-corrected chi connectivity index (χ3v) is 3.97. The number of hydrogen-bond donors (Lipinski definition) is 1. The minimum atomic E-state index is 0.0556. The molecule has 1 aliphatic heterocycles. The van der Waals surface area contributed by atoms with Gasteiger partial charge in [0.15, 0.2) is 0 Å². The number of halogens is 1. The van der Waals surface area contributed by atoms with Gasteiger partial charge in [0, 0.05) is 30.9 Å². The molecule has 0 aromatic carbocycles. The van der Waals surface area contributed by atoms with Gasteiger partial charge < -0.3 is 15.2 Å². The van der Waals surface area contributed by atoms with Gasteiger partial charge in [-0.1, -0.05) is 11.6 Å². The summed E-state index contributed by atoms with van der Waals surface area (Å²) in [5.41, 5.74) is 6.61. The van der Waals surface area contributed by atoms with E-state index < -0.39 is 0 Å². The highest BCUT2D eigenvalue weighted by molar-refractivity contribution is 6.31. The number of rotatable bonds is 2. The maximum Gasteiger partial charge on any atom is 0.270 e. The van der Waals surface area contributed by atoms with E-state index in [-0.39, 0.29) is 24.0 Å². The van der Waals surface area contributed by atoms with Crippen molar-refractivity contribution < 1.29 is 4.79 Å². The van der Waals surface area contributed by atoms with Crippen molar-refractivity contribution in [1.82, 2.24) is 9.47 Å². The van der Waals surface area contributed by atoms with E-state index in [1.807, 2.05) is 29.5 Å². The van der Waals surface area contributed by atoms with E-state index in [1.165, 1.54) is 0 Å². The molecule has 2 atom stereocenters. The zero-order chi connectivity index (χ0) is 14.2. The average Bonchev–Trinajstić information content (AvgIpc) is 2.70. The first-order chi connectivity index (χ1) is 8.90. The first-order valence-electron chi connectivity index (χ1n) is 6.84. The lowest BCUT2D eigenvalue weighted by Gasteiger charge is -2.36. The van der Waals surface area contributed by atoms with Crippen LogP contribution in [0.4, 0.5) is 0 Å². The van der Waals surface area contributed by atoms with Crippen molar-refractivity contribution in [3.8, 4) is 0 Å². The summed E-state index contributed by atoms with van der Waals surface area (Å²) < 4.78 is 1.94. The van der Waals surface area contributed by atoms with Crippen LogP contribution in [0.1, 0.15) is 50.1 Å². The lowest BCUT2D eigenvalue weighted by molar-refractivity contribution is 0.0606. The summed E-state index contributed by atoms with van der Waals surface area (Å²) in [5.74, 6) is 0.0556. The smallest absolute Gasteiger partial charge is 0.270 e. The van der Waals surface area contributed by atoms with Crippen molar-refractivity contribution in [3.63, 3.8) is 0 Å². The van der Waals surface area contributed by atoms with Gasteiger partial charge in [-0.05, 0) is 39.7 Å². The molecule has 0 spiro atoms. The zero-order valence-electron chi connectivity index (χ0n) is 11.8. The standard InChI is InChI=1S/C14H22ClN3O/c1-9(2)18-8-11(15)7-13(18)14(19)17-5-4-12(16)6-10(17)3/h7-10,12H,4-6,16H2,1-3H3. The van der Waals surface area contributed by atoms with Crippen LogP contribution >= 0.6 is 11.6 Å². The number of piperidine rings is 1. The van der Waals surface area contributed by atoms with Crippen LogP contribution in [0, 0.1) is 0 Å². The molecule has 1 fully saturated rings. The number of carbonyl (C=O) groups excluding carboxylic acids is 1. The molecule has 5 heteroatoms. The number of carbonyl (C=O) groups is 1. The van der Waals surface area contributed by atoms with Crippen molar-refractivity contribution >= 4 is 17.5 Å². The van der Waals surface area contributed by atoms with Crippen molar-refractivity contribution in [2.45, 2.75) is 51.7 Å². The van der Waals surface area contributed by atoms with Crippen molar-refractivity contribution in [1.29, 1.82) is 0 Å². The average molecular weight is 284 g/mol. The van der Waals surface area contributed by atoms with Gasteiger partial charge >= 0.3 is 0 Å². The van der Waals surface area contributed by atoms with Gasteiger partial charge in [-0.2, -0.15) is 0 Å². The van der Waals surface area contributed by atoms with Gasteiger partial charge in [0.05, 0.1) is 5.02 Å². The Morgan fingerprint density at radius 2 is 2.21 bits per heavy atom. The molecule has 0 saturated carbocycles. The Balaban J connectivity index is 2.24. The fourth-order valence-corrected chi connectivity index (χ4v) is 2.91. The molecule has 1 aromatic heterocycles. The largest absolute Gasteiger partial charge is 0.339 e. The fraction of sp³-hybridized carbons (Fsp3) is 0.643. The van der Waals surface area contributed by atoms with E-state index in [1.54, 1.807) is 6.07 Å². The number of hydrogen-bond acceptors (Lipinski definition) is 2. The summed E-state index contributed by atoms with van der Waals surface area (Å²) in [5, 5.41) is 0.610. The molecule has 0 aliphatic carbocycles. The minimum Gasteiger partial charge on any atom is -0.339 e. The van der Waals surface area contributed by atoms with E-state index in [2.05, 4.69) is 6.92 Å². The van der Waals surface area contributed by atoms with Crippen LogP contribution < -0.4 is 5.73 Å². The Morgan fingerprint density at radius 1 is 1.53 bits per heavy atom. The predicted octanol–water partition coefficient (Wildman–Crippen LogP) is 2.67. The van der Waals surface area contributed by atoms with Crippen molar-refractivity contribution in [3.05, 3.63) is 23.0 Å².